The molecule has 0 amide bonds. The summed E-state index contributed by atoms with van der Waals surface area (Å²) in [5.41, 5.74) is -3.19. The van der Waals surface area contributed by atoms with Crippen LogP contribution < -0.4 is 0 Å². The van der Waals surface area contributed by atoms with Crippen molar-refractivity contribution in [3.63, 3.8) is 0 Å². The van der Waals surface area contributed by atoms with E-state index in [4.69, 9.17) is 5.26 Å². The number of nitrogens with zero attached hydrogens (tertiary/aromatic N) is 1. The Morgan fingerprint density at radius 1 is 1.00 bits per heavy atom. The molecule has 0 aliphatic rings. The minimum absolute atomic E-state index is 0.0126. The maximum Gasteiger partial charge on any atom is 0.417 e. The van der Waals surface area contributed by atoms with Crippen LogP contribution in [-0.4, -0.2) is 22.0 Å². The number of aliphatic hydroxyl groups is 1. The molecule has 6 heteroatoms. The van der Waals surface area contributed by atoms with Gasteiger partial charge in [-0.05, 0) is 41.2 Å². The average Bonchev–Trinajstić information content (AvgIpc) is 2.54. The highest BCUT2D eigenvalue weighted by molar-refractivity contribution is 5.39. The summed E-state index contributed by atoms with van der Waals surface area (Å²) >= 11 is 0. The van der Waals surface area contributed by atoms with E-state index in [1.807, 2.05) is 6.07 Å². The molecule has 0 saturated carbocycles. The van der Waals surface area contributed by atoms with Crippen LogP contribution in [0.4, 0.5) is 13.2 Å². The summed E-state index contributed by atoms with van der Waals surface area (Å²) in [5.74, 6) is 0.0126. The molecule has 1 unspecified atom stereocenters. The second-order valence-electron chi connectivity index (χ2n) is 7.08. The molecule has 2 N–H and O–H groups in total. The predicted molar refractivity (Wildman–Crippen MR) is 91.6 cm³/mol. The van der Waals surface area contributed by atoms with Crippen LogP contribution in [0.5, 0.6) is 5.75 Å². The second kappa shape index (κ2) is 7.00. The molecule has 0 aromatic heterocycles. The first-order chi connectivity index (χ1) is 12.0. The normalized spacial score (nSPS) is 14.5. The highest BCUT2D eigenvalue weighted by Gasteiger charge is 2.55. The Hall–Kier alpha value is -2.52. The summed E-state index contributed by atoms with van der Waals surface area (Å²) in [6.45, 7) is 3.21. The van der Waals surface area contributed by atoms with Crippen molar-refractivity contribution in [2.24, 2.45) is 0 Å². The van der Waals surface area contributed by atoms with Crippen LogP contribution in [-0.2, 0) is 11.8 Å². The smallest absolute Gasteiger partial charge is 0.417 e. The Labute approximate surface area is 150 Å². The van der Waals surface area contributed by atoms with Gasteiger partial charge in [0.15, 0.2) is 5.60 Å². The lowest BCUT2D eigenvalue weighted by Crippen LogP contribution is -2.50. The van der Waals surface area contributed by atoms with Gasteiger partial charge in [0.2, 0.25) is 0 Å². The van der Waals surface area contributed by atoms with Crippen molar-refractivity contribution < 1.29 is 23.4 Å². The number of phenolic OH excluding ortho intramolecular Hbond substituents is 1. The summed E-state index contributed by atoms with van der Waals surface area (Å²) in [7, 11) is 0. The van der Waals surface area contributed by atoms with Crippen LogP contribution in [0, 0.1) is 11.3 Å². The van der Waals surface area contributed by atoms with Gasteiger partial charge in [-0.3, -0.25) is 0 Å². The van der Waals surface area contributed by atoms with Gasteiger partial charge in [-0.15, -0.1) is 0 Å². The van der Waals surface area contributed by atoms with Crippen LogP contribution in [0.15, 0.2) is 48.5 Å². The standard InChI is InChI=1S/C20H20F3NO2/c1-18(2,16-7-9-17(25)10-8-16)13-19(26,20(21,22)23)11-14-5-3-4-6-15(14)12-24/h3-10,25-26H,11,13H2,1-2H3. The van der Waals surface area contributed by atoms with Crippen molar-refractivity contribution in [1.82, 2.24) is 0 Å². The van der Waals surface area contributed by atoms with Crippen LogP contribution in [0.2, 0.25) is 0 Å². The Bertz CT molecular complexity index is 807. The number of aromatic hydroxyl groups is 1. The lowest BCUT2D eigenvalue weighted by atomic mass is 9.73. The van der Waals surface area contributed by atoms with Gasteiger partial charge in [-0.1, -0.05) is 44.2 Å². The summed E-state index contributed by atoms with van der Waals surface area (Å²) in [6.07, 6.45) is -6.17. The number of hydrogen-bond donors (Lipinski definition) is 2. The van der Waals surface area contributed by atoms with Crippen LogP contribution in [0.25, 0.3) is 0 Å². The fourth-order valence-electron chi connectivity index (χ4n) is 3.11. The maximum absolute atomic E-state index is 13.8. The zero-order valence-corrected chi connectivity index (χ0v) is 14.5. The maximum atomic E-state index is 13.8. The third-order valence-corrected chi connectivity index (χ3v) is 4.53. The molecule has 0 bridgehead atoms. The van der Waals surface area contributed by atoms with E-state index in [0.717, 1.165) is 0 Å². The summed E-state index contributed by atoms with van der Waals surface area (Å²) < 4.78 is 41.3. The number of nitriles is 1. The van der Waals surface area contributed by atoms with Crippen LogP contribution in [0.3, 0.4) is 0 Å². The third-order valence-electron chi connectivity index (χ3n) is 4.53. The Balaban J connectivity index is 2.41. The Morgan fingerprint density at radius 3 is 2.12 bits per heavy atom. The SMILES string of the molecule is CC(C)(CC(O)(Cc1ccccc1C#N)C(F)(F)F)c1ccc(O)cc1. The third kappa shape index (κ3) is 4.17. The molecule has 2 rings (SSSR count). The molecule has 26 heavy (non-hydrogen) atoms. The number of hydrogen-bond acceptors (Lipinski definition) is 3. The van der Waals surface area contributed by atoms with E-state index in [-0.39, 0.29) is 16.9 Å². The molecule has 0 aliphatic carbocycles. The summed E-state index contributed by atoms with van der Waals surface area (Å²) in [5, 5.41) is 29.1. The number of alkyl halides is 3. The van der Waals surface area contributed by atoms with E-state index >= 15 is 0 Å². The van der Waals surface area contributed by atoms with Gasteiger partial charge in [0, 0.05) is 6.42 Å². The topological polar surface area (TPSA) is 64.2 Å². The van der Waals surface area contributed by atoms with E-state index < -0.39 is 30.0 Å². The molecule has 2 aromatic carbocycles. The molecule has 1 atom stereocenters. The molecule has 0 fully saturated rings. The van der Waals surface area contributed by atoms with Crippen molar-refractivity contribution in [3.8, 4) is 11.8 Å². The predicted octanol–water partition coefficient (Wildman–Crippen LogP) is 4.47. The quantitative estimate of drug-likeness (QED) is 0.824. The highest BCUT2D eigenvalue weighted by atomic mass is 19.4. The molecule has 3 nitrogen and oxygen atoms in total. The lowest BCUT2D eigenvalue weighted by molar-refractivity contribution is -0.266. The fourth-order valence-corrected chi connectivity index (χ4v) is 3.11. The van der Waals surface area contributed by atoms with E-state index in [0.29, 0.717) is 5.56 Å². The van der Waals surface area contributed by atoms with Crippen LogP contribution in [0.1, 0.15) is 37.0 Å². The van der Waals surface area contributed by atoms with E-state index in [1.165, 1.54) is 42.5 Å². The largest absolute Gasteiger partial charge is 0.508 e. The van der Waals surface area contributed by atoms with Gasteiger partial charge in [-0.25, -0.2) is 0 Å². The van der Waals surface area contributed by atoms with Crippen molar-refractivity contribution >= 4 is 0 Å². The van der Waals surface area contributed by atoms with Gasteiger partial charge in [-0.2, -0.15) is 18.4 Å². The lowest BCUT2D eigenvalue weighted by Gasteiger charge is -2.38. The number of rotatable bonds is 5. The van der Waals surface area contributed by atoms with E-state index in [1.54, 1.807) is 19.9 Å². The summed E-state index contributed by atoms with van der Waals surface area (Å²) in [4.78, 5) is 0. The molecule has 0 heterocycles. The molecule has 0 aliphatic heterocycles. The number of halogens is 3. The first kappa shape index (κ1) is 19.8. The zero-order chi connectivity index (χ0) is 19.6. The van der Waals surface area contributed by atoms with E-state index in [9.17, 15) is 23.4 Å². The highest BCUT2D eigenvalue weighted by Crippen LogP contribution is 2.43. The minimum atomic E-state index is -4.87. The molecular weight excluding hydrogens is 343 g/mol. The zero-order valence-electron chi connectivity index (χ0n) is 14.5. The summed E-state index contributed by atoms with van der Waals surface area (Å²) in [6, 6.07) is 13.7. The van der Waals surface area contributed by atoms with E-state index in [2.05, 4.69) is 0 Å². The number of benzene rings is 2. The molecule has 0 saturated heterocycles. The van der Waals surface area contributed by atoms with Gasteiger partial charge in [0.05, 0.1) is 11.6 Å². The van der Waals surface area contributed by atoms with Gasteiger partial charge in [0.1, 0.15) is 5.75 Å². The van der Waals surface area contributed by atoms with Gasteiger partial charge >= 0.3 is 6.18 Å². The fraction of sp³-hybridized carbons (Fsp3) is 0.350. The molecule has 2 aromatic rings. The second-order valence-corrected chi connectivity index (χ2v) is 7.08. The molecular formula is C20H20F3NO2. The van der Waals surface area contributed by atoms with Gasteiger partial charge in [0.25, 0.3) is 0 Å². The first-order valence-electron chi connectivity index (χ1n) is 8.05. The minimum Gasteiger partial charge on any atom is -0.508 e. The van der Waals surface area contributed by atoms with Crippen LogP contribution >= 0.6 is 0 Å². The molecule has 0 radical (unpaired) electrons. The van der Waals surface area contributed by atoms with Crippen molar-refractivity contribution in [3.05, 3.63) is 65.2 Å². The Morgan fingerprint density at radius 2 is 1.58 bits per heavy atom. The molecule has 138 valence electrons. The van der Waals surface area contributed by atoms with Gasteiger partial charge < -0.3 is 10.2 Å². The number of phenols is 1. The first-order valence-corrected chi connectivity index (χ1v) is 8.05. The molecule has 0 spiro atoms. The van der Waals surface area contributed by atoms with Crippen molar-refractivity contribution in [2.45, 2.75) is 43.9 Å². The van der Waals surface area contributed by atoms with Crippen molar-refractivity contribution in [1.29, 1.82) is 5.26 Å². The Kier molecular flexibility index (Phi) is 5.33. The monoisotopic (exact) mass is 363 g/mol. The van der Waals surface area contributed by atoms with Crippen molar-refractivity contribution in [2.75, 3.05) is 0 Å². The average molecular weight is 363 g/mol.